The van der Waals surface area contributed by atoms with E-state index >= 15 is 0 Å². The van der Waals surface area contributed by atoms with Gasteiger partial charge in [-0.25, -0.2) is 8.42 Å². The maximum atomic E-state index is 10.7. The number of rotatable bonds is 12. The van der Waals surface area contributed by atoms with Gasteiger partial charge in [0.2, 0.25) is 0 Å². The molecule has 0 radical (unpaired) electrons. The van der Waals surface area contributed by atoms with E-state index in [-0.39, 0.29) is 0 Å². The molecule has 8 heteroatoms. The maximum absolute atomic E-state index is 10.7. The summed E-state index contributed by atoms with van der Waals surface area (Å²) < 4.78 is 58.9. The highest BCUT2D eigenvalue weighted by atomic mass is 32.2. The molecule has 0 aliphatic carbocycles. The van der Waals surface area contributed by atoms with E-state index in [2.05, 4.69) is 32.3 Å². The van der Waals surface area contributed by atoms with Crippen molar-refractivity contribution in [2.24, 2.45) is 0 Å². The summed E-state index contributed by atoms with van der Waals surface area (Å²) in [5.41, 5.74) is -4.11. The zero-order chi connectivity index (χ0) is 20.8. The monoisotopic (exact) mass is 413 g/mol. The minimum absolute atomic E-state index is 1.25. The molecule has 0 saturated carbocycles. The molecule has 160 valence electrons. The van der Waals surface area contributed by atoms with Crippen LogP contribution in [0.3, 0.4) is 0 Å². The van der Waals surface area contributed by atoms with Gasteiger partial charge in [-0.1, -0.05) is 65.2 Å². The molecule has 0 fully saturated rings. The van der Waals surface area contributed by atoms with Gasteiger partial charge >= 0.3 is 5.51 Å². The third-order valence-electron chi connectivity index (χ3n) is 4.27. The van der Waals surface area contributed by atoms with E-state index in [0.717, 1.165) is 0 Å². The lowest BCUT2D eigenvalue weighted by molar-refractivity contribution is -0.788. The van der Waals surface area contributed by atoms with Crippen LogP contribution in [0.1, 0.15) is 84.5 Å². The molecule has 0 aromatic carbocycles. The van der Waals surface area contributed by atoms with Crippen molar-refractivity contribution in [2.45, 2.75) is 90.0 Å². The van der Waals surface area contributed by atoms with Crippen LogP contribution in [0.2, 0.25) is 0 Å². The van der Waals surface area contributed by atoms with Gasteiger partial charge < -0.3 is 4.55 Å². The lowest BCUT2D eigenvalue weighted by atomic mass is 10.1. The Kier molecular flexibility index (Phi) is 13.7. The Morgan fingerprint density at radius 1 is 0.926 bits per heavy atom. The van der Waals surface area contributed by atoms with E-state index in [4.69, 9.17) is 13.0 Å². The Morgan fingerprint density at radius 2 is 1.41 bits per heavy atom. The highest BCUT2D eigenvalue weighted by molar-refractivity contribution is 7.86. The molecular formula is C19H34F3NO3S. The van der Waals surface area contributed by atoms with Gasteiger partial charge in [-0.05, 0) is 19.3 Å². The van der Waals surface area contributed by atoms with Crippen LogP contribution in [0.4, 0.5) is 13.2 Å². The standard InChI is InChI=1S/C18H33N.CHF3O3S/c1-3-5-6-7-8-9-10-11-12-15-19-16-14-18(17-19)13-4-2;2-1(3,4)8(5,6)7/h14,16-17H,3-13,15H2,1-2H3;(H,5,6,7). The summed E-state index contributed by atoms with van der Waals surface area (Å²) in [6.07, 6.45) is 22.4. The number of halogens is 3. The van der Waals surface area contributed by atoms with Gasteiger partial charge in [0.1, 0.15) is 6.20 Å². The Bertz CT molecular complexity index is 543. The fourth-order valence-electron chi connectivity index (χ4n) is 2.79. The van der Waals surface area contributed by atoms with E-state index in [1.807, 2.05) is 0 Å². The predicted molar refractivity (Wildman–Crippen MR) is 101 cm³/mol. The lowest BCUT2D eigenvalue weighted by Crippen LogP contribution is -3.01. The second-order valence-corrected chi connectivity index (χ2v) is 8.23. The zero-order valence-electron chi connectivity index (χ0n) is 16.5. The molecular weight excluding hydrogens is 379 g/mol. The summed E-state index contributed by atoms with van der Waals surface area (Å²) >= 11 is 0. The molecule has 0 aromatic rings. The Labute approximate surface area is 162 Å². The SMILES string of the molecule is CCCCCCCCCCC[NH+]1C=CC(CCC)=C1.O=S(=O)([O-])C(F)(F)F. The predicted octanol–water partition coefficient (Wildman–Crippen LogP) is 4.66. The molecule has 1 atom stereocenters. The summed E-state index contributed by atoms with van der Waals surface area (Å²) in [6.45, 7) is 5.84. The van der Waals surface area contributed by atoms with Crippen molar-refractivity contribution in [2.75, 3.05) is 6.54 Å². The molecule has 0 spiro atoms. The molecule has 1 N–H and O–H groups in total. The first-order chi connectivity index (χ1) is 12.6. The van der Waals surface area contributed by atoms with Gasteiger partial charge in [0.25, 0.3) is 0 Å². The Morgan fingerprint density at radius 3 is 1.85 bits per heavy atom. The Balaban J connectivity index is 0.000000713. The number of nitrogens with one attached hydrogen (secondary N) is 1. The van der Waals surface area contributed by atoms with Gasteiger partial charge in [-0.2, -0.15) is 13.2 Å². The number of hydrogen-bond donors (Lipinski definition) is 1. The van der Waals surface area contributed by atoms with E-state index in [0.29, 0.717) is 0 Å². The molecule has 1 heterocycles. The largest absolute Gasteiger partial charge is 0.741 e. The van der Waals surface area contributed by atoms with Gasteiger partial charge in [-0.15, -0.1) is 0 Å². The molecule has 0 aromatic heterocycles. The Hall–Kier alpha value is -0.860. The van der Waals surface area contributed by atoms with Gasteiger partial charge in [-0.3, -0.25) is 4.90 Å². The van der Waals surface area contributed by atoms with Crippen molar-refractivity contribution in [3.8, 4) is 0 Å². The van der Waals surface area contributed by atoms with E-state index < -0.39 is 15.6 Å². The summed E-state index contributed by atoms with van der Waals surface area (Å²) in [4.78, 5) is 1.56. The second kappa shape index (κ2) is 14.2. The van der Waals surface area contributed by atoms with Crippen LogP contribution in [0, 0.1) is 0 Å². The van der Waals surface area contributed by atoms with Crippen LogP contribution >= 0.6 is 0 Å². The average Bonchev–Trinajstić information content (AvgIpc) is 3.00. The zero-order valence-corrected chi connectivity index (χ0v) is 17.3. The molecule has 27 heavy (non-hydrogen) atoms. The maximum Gasteiger partial charge on any atom is 0.485 e. The van der Waals surface area contributed by atoms with Crippen molar-refractivity contribution < 1.29 is 31.0 Å². The first-order valence-corrected chi connectivity index (χ1v) is 11.3. The molecule has 1 aliphatic rings. The summed E-state index contributed by atoms with van der Waals surface area (Å²) in [5.74, 6) is 0. The molecule has 1 unspecified atom stereocenters. The number of allylic oxidation sites excluding steroid dienone is 2. The fraction of sp³-hybridized carbons (Fsp3) is 0.789. The topological polar surface area (TPSA) is 61.6 Å². The summed E-state index contributed by atoms with van der Waals surface area (Å²) in [6, 6.07) is 0. The van der Waals surface area contributed by atoms with E-state index in [1.165, 1.54) is 82.7 Å². The van der Waals surface area contributed by atoms with E-state index in [1.54, 1.807) is 4.90 Å². The number of hydrogen-bond acceptors (Lipinski definition) is 3. The molecule has 1 aliphatic heterocycles. The molecule has 4 nitrogen and oxygen atoms in total. The normalized spacial score (nSPS) is 16.8. The third kappa shape index (κ3) is 13.9. The highest BCUT2D eigenvalue weighted by Gasteiger charge is 2.36. The van der Waals surface area contributed by atoms with Crippen LogP contribution < -0.4 is 4.90 Å². The van der Waals surface area contributed by atoms with Crippen LogP contribution in [0.5, 0.6) is 0 Å². The van der Waals surface area contributed by atoms with Crippen molar-refractivity contribution in [1.29, 1.82) is 0 Å². The molecule has 0 bridgehead atoms. The highest BCUT2D eigenvalue weighted by Crippen LogP contribution is 2.20. The molecule has 1 rings (SSSR count). The molecule has 0 amide bonds. The lowest BCUT2D eigenvalue weighted by Gasteiger charge is -2.08. The smallest absolute Gasteiger partial charge is 0.485 e. The first kappa shape index (κ1) is 26.1. The van der Waals surface area contributed by atoms with Gasteiger partial charge in [0.05, 0.1) is 12.7 Å². The van der Waals surface area contributed by atoms with Crippen molar-refractivity contribution >= 4 is 10.1 Å². The summed E-state index contributed by atoms with van der Waals surface area (Å²) in [7, 11) is -6.09. The van der Waals surface area contributed by atoms with E-state index in [9.17, 15) is 13.2 Å². The number of quaternary nitrogens is 1. The summed E-state index contributed by atoms with van der Waals surface area (Å²) in [5, 5.41) is 0. The third-order valence-corrected chi connectivity index (χ3v) is 4.84. The van der Waals surface area contributed by atoms with Crippen molar-refractivity contribution in [3.63, 3.8) is 0 Å². The van der Waals surface area contributed by atoms with Gasteiger partial charge in [0.15, 0.2) is 10.1 Å². The number of unbranched alkanes of at least 4 members (excludes halogenated alkanes) is 8. The quantitative estimate of drug-likeness (QED) is 0.287. The average molecular weight is 414 g/mol. The van der Waals surface area contributed by atoms with Crippen molar-refractivity contribution in [1.82, 2.24) is 0 Å². The van der Waals surface area contributed by atoms with Crippen LogP contribution in [-0.4, -0.2) is 25.0 Å². The van der Waals surface area contributed by atoms with Crippen LogP contribution in [0.15, 0.2) is 24.0 Å². The van der Waals surface area contributed by atoms with Crippen LogP contribution in [-0.2, 0) is 10.1 Å². The number of alkyl halides is 3. The second-order valence-electron chi connectivity index (χ2n) is 6.86. The molecule has 0 saturated heterocycles. The minimum atomic E-state index is -6.09. The van der Waals surface area contributed by atoms with Gasteiger partial charge in [0, 0.05) is 11.6 Å². The van der Waals surface area contributed by atoms with Crippen LogP contribution in [0.25, 0.3) is 0 Å². The van der Waals surface area contributed by atoms with Crippen molar-refractivity contribution in [3.05, 3.63) is 24.0 Å². The first-order valence-electron chi connectivity index (χ1n) is 9.88. The minimum Gasteiger partial charge on any atom is -0.741 e. The fourth-order valence-corrected chi connectivity index (χ4v) is 2.79.